The predicted octanol–water partition coefficient (Wildman–Crippen LogP) is 3.47. The molecule has 3 aromatic carbocycles. The maximum atomic E-state index is 12.7. The Labute approximate surface area is 204 Å². The monoisotopic (exact) mass is 494 g/mol. The molecule has 0 fully saturated rings. The Bertz CT molecular complexity index is 1520. The van der Waals surface area contributed by atoms with E-state index in [0.717, 1.165) is 12.1 Å². The first-order valence-electron chi connectivity index (χ1n) is 10.9. The molecule has 2 unspecified atom stereocenters. The molecule has 0 spiro atoms. The molecule has 5 rings (SSSR count). The van der Waals surface area contributed by atoms with Gasteiger partial charge in [-0.2, -0.15) is 0 Å². The first-order chi connectivity index (χ1) is 17.3. The summed E-state index contributed by atoms with van der Waals surface area (Å²) in [6.07, 6.45) is -1.44. The average molecular weight is 494 g/mol. The molecule has 4 aromatic rings. The molecule has 0 aliphatic carbocycles. The van der Waals surface area contributed by atoms with E-state index < -0.39 is 29.1 Å². The van der Waals surface area contributed by atoms with Crippen LogP contribution in [-0.4, -0.2) is 47.4 Å². The van der Waals surface area contributed by atoms with Gasteiger partial charge in [0.25, 0.3) is 0 Å². The molecule has 10 heteroatoms. The lowest BCUT2D eigenvalue weighted by atomic mass is 10.0. The van der Waals surface area contributed by atoms with Gasteiger partial charge in [0.05, 0.1) is 20.8 Å². The normalized spacial score (nSPS) is 16.6. The molecule has 10 nitrogen and oxygen atoms in total. The van der Waals surface area contributed by atoms with E-state index in [1.807, 2.05) is 0 Å². The third-order valence-corrected chi connectivity index (χ3v) is 5.93. The predicted molar refractivity (Wildman–Crippen MR) is 127 cm³/mol. The van der Waals surface area contributed by atoms with Gasteiger partial charge in [-0.1, -0.05) is 6.07 Å². The van der Waals surface area contributed by atoms with Crippen LogP contribution in [0.2, 0.25) is 0 Å². The zero-order valence-corrected chi connectivity index (χ0v) is 19.2. The molecule has 0 bridgehead atoms. The number of fused-ring (bicyclic) bond motifs is 2. The summed E-state index contributed by atoms with van der Waals surface area (Å²) < 4.78 is 28.5. The van der Waals surface area contributed by atoms with Crippen LogP contribution in [0.25, 0.3) is 22.3 Å². The minimum Gasteiger partial charge on any atom is -0.508 e. The maximum Gasteiger partial charge on any atom is 0.238 e. The van der Waals surface area contributed by atoms with Gasteiger partial charge in [0.15, 0.2) is 41.0 Å². The third kappa shape index (κ3) is 3.77. The molecular weight excluding hydrogens is 472 g/mol. The molecule has 2 atom stereocenters. The van der Waals surface area contributed by atoms with Crippen molar-refractivity contribution in [3.05, 3.63) is 64.3 Å². The van der Waals surface area contributed by atoms with Crippen LogP contribution in [0.5, 0.6) is 40.2 Å². The molecule has 0 radical (unpaired) electrons. The average Bonchev–Trinajstić information content (AvgIpc) is 2.88. The fourth-order valence-corrected chi connectivity index (χ4v) is 4.19. The van der Waals surface area contributed by atoms with Crippen LogP contribution < -0.4 is 24.4 Å². The van der Waals surface area contributed by atoms with Gasteiger partial charge in [0.1, 0.15) is 22.5 Å². The number of hydrogen-bond donors (Lipinski definition) is 4. The van der Waals surface area contributed by atoms with Gasteiger partial charge < -0.3 is 43.8 Å². The van der Waals surface area contributed by atoms with Gasteiger partial charge in [-0.25, -0.2) is 0 Å². The van der Waals surface area contributed by atoms with Gasteiger partial charge in [-0.3, -0.25) is 4.79 Å². The molecular formula is C26H22O10. The quantitative estimate of drug-likeness (QED) is 0.325. The number of phenols is 2. The van der Waals surface area contributed by atoms with Gasteiger partial charge in [-0.05, 0) is 30.3 Å². The fourth-order valence-electron chi connectivity index (χ4n) is 4.19. The van der Waals surface area contributed by atoms with Crippen molar-refractivity contribution in [3.63, 3.8) is 0 Å². The van der Waals surface area contributed by atoms with E-state index in [-0.39, 0.29) is 40.4 Å². The van der Waals surface area contributed by atoms with Crippen LogP contribution >= 0.6 is 0 Å². The number of rotatable bonds is 5. The highest BCUT2D eigenvalue weighted by Crippen LogP contribution is 2.44. The Morgan fingerprint density at radius 3 is 2.39 bits per heavy atom. The summed E-state index contributed by atoms with van der Waals surface area (Å²) in [5.74, 6) is -0.110. The van der Waals surface area contributed by atoms with Crippen LogP contribution in [0.4, 0.5) is 0 Å². The van der Waals surface area contributed by atoms with E-state index in [1.54, 1.807) is 30.3 Å². The van der Waals surface area contributed by atoms with E-state index in [4.69, 9.17) is 23.4 Å². The lowest BCUT2D eigenvalue weighted by molar-refractivity contribution is -0.0123. The zero-order valence-electron chi connectivity index (χ0n) is 19.2. The molecule has 0 saturated carbocycles. The zero-order chi connectivity index (χ0) is 25.6. The highest BCUT2D eigenvalue weighted by molar-refractivity contribution is 5.88. The van der Waals surface area contributed by atoms with Crippen molar-refractivity contribution in [2.45, 2.75) is 12.2 Å². The van der Waals surface area contributed by atoms with Crippen LogP contribution in [-0.2, 0) is 0 Å². The number of phenolic OH excluding ortho intramolecular Hbond substituents is 2. The summed E-state index contributed by atoms with van der Waals surface area (Å²) >= 11 is 0. The fraction of sp³-hybridized carbons (Fsp3) is 0.192. The highest BCUT2D eigenvalue weighted by atomic mass is 16.6. The molecule has 1 aliphatic heterocycles. The Kier molecular flexibility index (Phi) is 5.73. The summed E-state index contributed by atoms with van der Waals surface area (Å²) in [7, 11) is 3.03. The van der Waals surface area contributed by atoms with E-state index in [0.29, 0.717) is 22.8 Å². The number of methoxy groups -OCH3 is 2. The second-order valence-electron chi connectivity index (χ2n) is 8.10. The van der Waals surface area contributed by atoms with Crippen LogP contribution in [0.3, 0.4) is 0 Å². The van der Waals surface area contributed by atoms with Crippen LogP contribution in [0, 0.1) is 0 Å². The summed E-state index contributed by atoms with van der Waals surface area (Å²) in [5.41, 5.74) is -0.0232. The highest BCUT2D eigenvalue weighted by Gasteiger charge is 2.34. The van der Waals surface area contributed by atoms with Gasteiger partial charge in [0.2, 0.25) is 11.2 Å². The topological polar surface area (TPSA) is 148 Å². The lowest BCUT2D eigenvalue weighted by Gasteiger charge is -2.33. The smallest absolute Gasteiger partial charge is 0.238 e. The van der Waals surface area contributed by atoms with Crippen molar-refractivity contribution in [1.82, 2.24) is 0 Å². The molecule has 2 heterocycles. The van der Waals surface area contributed by atoms with Crippen molar-refractivity contribution in [2.24, 2.45) is 0 Å². The van der Waals surface area contributed by atoms with E-state index in [9.17, 15) is 25.2 Å². The molecule has 4 N–H and O–H groups in total. The molecule has 1 aliphatic rings. The Morgan fingerprint density at radius 1 is 0.889 bits per heavy atom. The standard InChI is InChI=1S/C26H22O10/c1-32-16-5-3-12(7-18(16)33-2)25-21(11-27)34-17-6-4-13(8-19(17)35-25)26-24(31)23(30)22-15(29)9-14(28)10-20(22)36-26/h3-10,21,25,27-29,31H,11H2,1-2H3. The van der Waals surface area contributed by atoms with Crippen molar-refractivity contribution >= 4 is 11.0 Å². The van der Waals surface area contributed by atoms with E-state index >= 15 is 0 Å². The summed E-state index contributed by atoms with van der Waals surface area (Å²) in [6.45, 7) is -0.326. The molecule has 0 amide bonds. The molecule has 36 heavy (non-hydrogen) atoms. The number of aromatic hydroxyl groups is 3. The van der Waals surface area contributed by atoms with Gasteiger partial charge in [-0.15, -0.1) is 0 Å². The van der Waals surface area contributed by atoms with Gasteiger partial charge >= 0.3 is 0 Å². The Morgan fingerprint density at radius 2 is 1.67 bits per heavy atom. The lowest BCUT2D eigenvalue weighted by Crippen LogP contribution is -2.36. The second kappa shape index (κ2) is 8.90. The van der Waals surface area contributed by atoms with Crippen molar-refractivity contribution < 1.29 is 43.8 Å². The first-order valence-corrected chi connectivity index (χ1v) is 10.9. The van der Waals surface area contributed by atoms with Gasteiger partial charge in [0, 0.05) is 23.3 Å². The third-order valence-electron chi connectivity index (χ3n) is 5.93. The molecule has 1 aromatic heterocycles. The summed E-state index contributed by atoms with van der Waals surface area (Å²) in [5, 5.41) is 40.0. The largest absolute Gasteiger partial charge is 0.508 e. The van der Waals surface area contributed by atoms with Crippen LogP contribution in [0.15, 0.2) is 57.7 Å². The Hall–Kier alpha value is -4.57. The number of hydrogen-bond acceptors (Lipinski definition) is 10. The first kappa shape index (κ1) is 23.2. The minimum absolute atomic E-state index is 0.108. The van der Waals surface area contributed by atoms with E-state index in [1.165, 1.54) is 20.3 Å². The molecule has 0 saturated heterocycles. The molecule has 186 valence electrons. The summed E-state index contributed by atoms with van der Waals surface area (Å²) in [4.78, 5) is 12.7. The number of aliphatic hydroxyl groups is 1. The number of aliphatic hydroxyl groups excluding tert-OH is 1. The Balaban J connectivity index is 1.58. The SMILES string of the molecule is COc1ccc(C2Oc3cc(-c4oc5cc(O)cc(O)c5c(=O)c4O)ccc3OC2CO)cc1OC. The van der Waals surface area contributed by atoms with Crippen molar-refractivity contribution in [2.75, 3.05) is 20.8 Å². The number of benzene rings is 3. The number of ether oxygens (including phenoxy) is 4. The summed E-state index contributed by atoms with van der Waals surface area (Å²) in [6, 6.07) is 12.0. The van der Waals surface area contributed by atoms with Crippen molar-refractivity contribution in [3.8, 4) is 51.6 Å². The maximum absolute atomic E-state index is 12.7. The van der Waals surface area contributed by atoms with Crippen molar-refractivity contribution in [1.29, 1.82) is 0 Å². The van der Waals surface area contributed by atoms with E-state index in [2.05, 4.69) is 0 Å². The minimum atomic E-state index is -0.859. The second-order valence-corrected chi connectivity index (χ2v) is 8.10. The van der Waals surface area contributed by atoms with Crippen LogP contribution in [0.1, 0.15) is 11.7 Å².